The number of quaternary nitrogens is 1. The average molecular weight is 208 g/mol. The summed E-state index contributed by atoms with van der Waals surface area (Å²) >= 11 is 0. The lowest BCUT2D eigenvalue weighted by molar-refractivity contribution is -0.660. The Kier molecular flexibility index (Phi) is 3.45. The zero-order valence-corrected chi connectivity index (χ0v) is 9.11. The summed E-state index contributed by atoms with van der Waals surface area (Å²) in [5.41, 5.74) is 0. The van der Waals surface area contributed by atoms with E-state index in [0.29, 0.717) is 6.61 Å². The summed E-state index contributed by atoms with van der Waals surface area (Å²) in [5, 5.41) is 2.28. The molecule has 15 heavy (non-hydrogen) atoms. The molecule has 0 aromatic heterocycles. The molecule has 3 nitrogen and oxygen atoms in total. The Morgan fingerprint density at radius 1 is 1.33 bits per heavy atom. The van der Waals surface area contributed by atoms with E-state index in [2.05, 4.69) is 12.2 Å². The van der Waals surface area contributed by atoms with Crippen molar-refractivity contribution in [2.45, 2.75) is 19.4 Å². The Morgan fingerprint density at radius 2 is 2.13 bits per heavy atom. The molecule has 2 N–H and O–H groups in total. The molecule has 1 aromatic carbocycles. The lowest BCUT2D eigenvalue weighted by Crippen LogP contribution is -2.87. The molecule has 0 saturated carbocycles. The third kappa shape index (κ3) is 2.63. The number of benzene rings is 1. The molecule has 0 unspecified atom stereocenters. The second kappa shape index (κ2) is 5.03. The van der Waals surface area contributed by atoms with Gasteiger partial charge in [0, 0.05) is 0 Å². The maximum atomic E-state index is 5.82. The third-order valence-corrected chi connectivity index (χ3v) is 2.49. The van der Waals surface area contributed by atoms with Crippen molar-refractivity contribution in [1.82, 2.24) is 0 Å². The van der Waals surface area contributed by atoms with E-state index < -0.39 is 0 Å². The van der Waals surface area contributed by atoms with E-state index in [0.717, 1.165) is 24.6 Å². The van der Waals surface area contributed by atoms with E-state index >= 15 is 0 Å². The van der Waals surface area contributed by atoms with Gasteiger partial charge in [-0.3, -0.25) is 0 Å². The van der Waals surface area contributed by atoms with Crippen LogP contribution < -0.4 is 14.8 Å². The van der Waals surface area contributed by atoms with Crippen LogP contribution in [0.1, 0.15) is 13.3 Å². The first-order valence-corrected chi connectivity index (χ1v) is 5.60. The van der Waals surface area contributed by atoms with Crippen LogP contribution in [0.15, 0.2) is 24.3 Å². The molecule has 1 aliphatic rings. The summed E-state index contributed by atoms with van der Waals surface area (Å²) < 4.78 is 11.4. The minimum Gasteiger partial charge on any atom is -0.486 e. The summed E-state index contributed by atoms with van der Waals surface area (Å²) in [4.78, 5) is 0. The molecule has 0 amide bonds. The van der Waals surface area contributed by atoms with Gasteiger partial charge in [-0.2, -0.15) is 0 Å². The molecule has 1 heterocycles. The van der Waals surface area contributed by atoms with Crippen LogP contribution in [-0.4, -0.2) is 25.8 Å². The molecule has 0 spiro atoms. The molecular weight excluding hydrogens is 190 g/mol. The van der Waals surface area contributed by atoms with Crippen molar-refractivity contribution in [2.75, 3.05) is 19.7 Å². The van der Waals surface area contributed by atoms with Crippen molar-refractivity contribution in [2.24, 2.45) is 0 Å². The maximum absolute atomic E-state index is 5.82. The normalized spacial score (nSPS) is 18.9. The van der Waals surface area contributed by atoms with Crippen LogP contribution in [0.5, 0.6) is 11.5 Å². The van der Waals surface area contributed by atoms with Gasteiger partial charge in [-0.25, -0.2) is 0 Å². The quantitative estimate of drug-likeness (QED) is 0.743. The second-order valence-electron chi connectivity index (χ2n) is 3.81. The van der Waals surface area contributed by atoms with Crippen molar-refractivity contribution in [3.05, 3.63) is 24.3 Å². The number of fused-ring (bicyclic) bond motifs is 1. The largest absolute Gasteiger partial charge is 0.486 e. The Hall–Kier alpha value is -1.22. The lowest BCUT2D eigenvalue weighted by Gasteiger charge is -2.25. The summed E-state index contributed by atoms with van der Waals surface area (Å²) in [6.07, 6.45) is 1.39. The first kappa shape index (κ1) is 10.3. The molecule has 0 radical (unpaired) electrons. The molecule has 82 valence electrons. The van der Waals surface area contributed by atoms with Crippen LogP contribution in [0.2, 0.25) is 0 Å². The van der Waals surface area contributed by atoms with E-state index in [1.165, 1.54) is 6.42 Å². The van der Waals surface area contributed by atoms with E-state index in [1.54, 1.807) is 0 Å². The number of nitrogens with two attached hydrogens (primary N) is 1. The standard InChI is InChI=1S/C12H17NO2/c1-2-7-13-8-10-9-14-11-5-3-4-6-12(11)15-10/h3-6,10,13H,2,7-9H2,1H3/p+1/t10-/m1/s1. The second-order valence-corrected chi connectivity index (χ2v) is 3.81. The highest BCUT2D eigenvalue weighted by molar-refractivity contribution is 5.40. The van der Waals surface area contributed by atoms with Gasteiger partial charge in [0.2, 0.25) is 0 Å². The van der Waals surface area contributed by atoms with Gasteiger partial charge in [0.15, 0.2) is 17.6 Å². The molecule has 1 aliphatic heterocycles. The van der Waals surface area contributed by atoms with Crippen molar-refractivity contribution in [1.29, 1.82) is 0 Å². The zero-order chi connectivity index (χ0) is 10.5. The fourth-order valence-corrected chi connectivity index (χ4v) is 1.69. The summed E-state index contributed by atoms with van der Waals surface area (Å²) in [6.45, 7) is 4.98. The predicted molar refractivity (Wildman–Crippen MR) is 58.3 cm³/mol. The van der Waals surface area contributed by atoms with E-state index in [9.17, 15) is 0 Å². The fourth-order valence-electron chi connectivity index (χ4n) is 1.69. The first-order valence-electron chi connectivity index (χ1n) is 5.60. The highest BCUT2D eigenvalue weighted by Crippen LogP contribution is 2.30. The minimum atomic E-state index is 0.187. The topological polar surface area (TPSA) is 35.1 Å². The molecular formula is C12H18NO2+. The van der Waals surface area contributed by atoms with Gasteiger partial charge < -0.3 is 14.8 Å². The van der Waals surface area contributed by atoms with Crippen LogP contribution in [0, 0.1) is 0 Å². The average Bonchev–Trinajstić information content (AvgIpc) is 2.29. The molecule has 0 saturated heterocycles. The summed E-state index contributed by atoms with van der Waals surface area (Å²) in [5.74, 6) is 1.74. The number of rotatable bonds is 4. The summed E-state index contributed by atoms with van der Waals surface area (Å²) in [7, 11) is 0. The lowest BCUT2D eigenvalue weighted by atomic mass is 10.2. The van der Waals surface area contributed by atoms with Crippen LogP contribution in [0.4, 0.5) is 0 Å². The van der Waals surface area contributed by atoms with Gasteiger partial charge in [0.25, 0.3) is 0 Å². The Morgan fingerprint density at radius 3 is 2.93 bits per heavy atom. The molecule has 1 atom stereocenters. The van der Waals surface area contributed by atoms with Crippen LogP contribution >= 0.6 is 0 Å². The van der Waals surface area contributed by atoms with E-state index in [4.69, 9.17) is 9.47 Å². The highest BCUT2D eigenvalue weighted by atomic mass is 16.6. The van der Waals surface area contributed by atoms with Gasteiger partial charge in [0.1, 0.15) is 13.2 Å². The maximum Gasteiger partial charge on any atom is 0.181 e. The van der Waals surface area contributed by atoms with Crippen LogP contribution in [-0.2, 0) is 0 Å². The number of para-hydroxylation sites is 2. The van der Waals surface area contributed by atoms with Crippen molar-refractivity contribution < 1.29 is 14.8 Å². The van der Waals surface area contributed by atoms with Crippen molar-refractivity contribution in [3.63, 3.8) is 0 Å². The van der Waals surface area contributed by atoms with E-state index in [-0.39, 0.29) is 6.10 Å². The Labute approximate surface area is 90.4 Å². The third-order valence-electron chi connectivity index (χ3n) is 2.49. The molecule has 3 heteroatoms. The van der Waals surface area contributed by atoms with Gasteiger partial charge in [-0.1, -0.05) is 19.1 Å². The molecule has 1 aromatic rings. The molecule has 0 fully saturated rings. The molecule has 2 rings (SSSR count). The molecule has 0 bridgehead atoms. The minimum absolute atomic E-state index is 0.187. The van der Waals surface area contributed by atoms with E-state index in [1.807, 2.05) is 24.3 Å². The van der Waals surface area contributed by atoms with Crippen molar-refractivity contribution in [3.8, 4) is 11.5 Å². The predicted octanol–water partition coefficient (Wildman–Crippen LogP) is 0.800. The highest BCUT2D eigenvalue weighted by Gasteiger charge is 2.21. The van der Waals surface area contributed by atoms with Gasteiger partial charge in [-0.05, 0) is 18.6 Å². The van der Waals surface area contributed by atoms with Crippen LogP contribution in [0.3, 0.4) is 0 Å². The first-order chi connectivity index (χ1) is 7.40. The summed E-state index contributed by atoms with van der Waals surface area (Å²) in [6, 6.07) is 7.84. The van der Waals surface area contributed by atoms with Crippen molar-refractivity contribution >= 4 is 0 Å². The number of hydrogen-bond acceptors (Lipinski definition) is 2. The fraction of sp³-hybridized carbons (Fsp3) is 0.500. The SMILES string of the molecule is CCC[NH2+]C[C@@H]1COc2ccccc2O1. The Balaban J connectivity index is 1.88. The zero-order valence-electron chi connectivity index (χ0n) is 9.11. The Bertz CT molecular complexity index is 314. The number of hydrogen-bond donors (Lipinski definition) is 1. The monoisotopic (exact) mass is 208 g/mol. The smallest absolute Gasteiger partial charge is 0.181 e. The molecule has 0 aliphatic carbocycles. The van der Waals surface area contributed by atoms with Gasteiger partial charge in [-0.15, -0.1) is 0 Å². The van der Waals surface area contributed by atoms with Gasteiger partial charge >= 0.3 is 0 Å². The number of ether oxygens (including phenoxy) is 2. The van der Waals surface area contributed by atoms with Crippen LogP contribution in [0.25, 0.3) is 0 Å². The van der Waals surface area contributed by atoms with Gasteiger partial charge in [0.05, 0.1) is 6.54 Å².